The molecule has 98 valence electrons. The molecule has 1 aromatic rings. The Morgan fingerprint density at radius 3 is 2.11 bits per heavy atom. The normalized spacial score (nSPS) is 12.3. The van der Waals surface area contributed by atoms with Crippen molar-refractivity contribution in [1.29, 1.82) is 0 Å². The van der Waals surface area contributed by atoms with E-state index >= 15 is 0 Å². The summed E-state index contributed by atoms with van der Waals surface area (Å²) in [6.07, 6.45) is 0. The molecule has 1 amide bonds. The Labute approximate surface area is 115 Å². The topological polar surface area (TPSA) is 66.4 Å². The number of aliphatic carboxylic acids is 1. The number of halogens is 2. The summed E-state index contributed by atoms with van der Waals surface area (Å²) in [6.45, 7) is 3.40. The highest BCUT2D eigenvalue weighted by atomic mass is 35.5. The molecule has 1 aromatic carbocycles. The van der Waals surface area contributed by atoms with E-state index in [0.717, 1.165) is 0 Å². The summed E-state index contributed by atoms with van der Waals surface area (Å²) in [5.74, 6) is -1.93. The van der Waals surface area contributed by atoms with Crippen LogP contribution in [-0.2, 0) is 4.79 Å². The Balaban J connectivity index is 2.98. The smallest absolute Gasteiger partial charge is 0.326 e. The Hall–Kier alpha value is -1.26. The van der Waals surface area contributed by atoms with Crippen molar-refractivity contribution in [3.05, 3.63) is 33.8 Å². The zero-order valence-corrected chi connectivity index (χ0v) is 11.4. The van der Waals surface area contributed by atoms with Crippen molar-refractivity contribution in [2.75, 3.05) is 0 Å². The van der Waals surface area contributed by atoms with Gasteiger partial charge in [-0.15, -0.1) is 0 Å². The minimum atomic E-state index is -1.10. The van der Waals surface area contributed by atoms with E-state index in [0.29, 0.717) is 0 Å². The number of rotatable bonds is 4. The van der Waals surface area contributed by atoms with E-state index in [9.17, 15) is 9.59 Å². The summed E-state index contributed by atoms with van der Waals surface area (Å²) < 4.78 is 0. The number of nitrogens with one attached hydrogen (secondary N) is 1. The maximum absolute atomic E-state index is 12.0. The monoisotopic (exact) mass is 289 g/mol. The maximum Gasteiger partial charge on any atom is 0.326 e. The minimum Gasteiger partial charge on any atom is -0.480 e. The largest absolute Gasteiger partial charge is 0.480 e. The molecule has 0 heterocycles. The van der Waals surface area contributed by atoms with Gasteiger partial charge in [0, 0.05) is 0 Å². The number of amides is 1. The standard InChI is InChI=1S/C12H13Cl2NO3/c1-6(2)10(12(17)18)15-11(16)9-7(13)4-3-5-8(9)14/h3-6,10H,1-2H3,(H,15,16)(H,17,18)/t10-/m1/s1. The van der Waals surface area contributed by atoms with Gasteiger partial charge in [0.25, 0.3) is 5.91 Å². The third-order valence-electron chi connectivity index (χ3n) is 2.41. The number of hydrogen-bond acceptors (Lipinski definition) is 2. The van der Waals surface area contributed by atoms with Gasteiger partial charge in [-0.3, -0.25) is 4.79 Å². The molecule has 1 rings (SSSR count). The van der Waals surface area contributed by atoms with Gasteiger partial charge in [0.1, 0.15) is 6.04 Å². The molecule has 0 spiro atoms. The predicted octanol–water partition coefficient (Wildman–Crippen LogP) is 2.83. The molecule has 0 aliphatic rings. The van der Waals surface area contributed by atoms with E-state index in [1.807, 2.05) is 0 Å². The van der Waals surface area contributed by atoms with E-state index < -0.39 is 17.9 Å². The van der Waals surface area contributed by atoms with Crippen LogP contribution in [0.25, 0.3) is 0 Å². The van der Waals surface area contributed by atoms with Gasteiger partial charge in [0.2, 0.25) is 0 Å². The fourth-order valence-corrected chi connectivity index (χ4v) is 2.01. The van der Waals surface area contributed by atoms with Crippen molar-refractivity contribution in [2.45, 2.75) is 19.9 Å². The molecule has 0 bridgehead atoms. The quantitative estimate of drug-likeness (QED) is 0.896. The Bertz CT molecular complexity index is 454. The molecule has 4 nitrogen and oxygen atoms in total. The highest BCUT2D eigenvalue weighted by Gasteiger charge is 2.25. The highest BCUT2D eigenvalue weighted by Crippen LogP contribution is 2.24. The Kier molecular flexibility index (Phi) is 4.99. The molecule has 2 N–H and O–H groups in total. The van der Waals surface area contributed by atoms with Crippen LogP contribution in [0.4, 0.5) is 0 Å². The highest BCUT2D eigenvalue weighted by molar-refractivity contribution is 6.39. The van der Waals surface area contributed by atoms with E-state index in [1.165, 1.54) is 12.1 Å². The lowest BCUT2D eigenvalue weighted by atomic mass is 10.0. The molecule has 0 aliphatic heterocycles. The van der Waals surface area contributed by atoms with E-state index in [-0.39, 0.29) is 21.5 Å². The molecule has 0 saturated carbocycles. The van der Waals surface area contributed by atoms with Crippen LogP contribution in [0.15, 0.2) is 18.2 Å². The fraction of sp³-hybridized carbons (Fsp3) is 0.333. The molecule has 18 heavy (non-hydrogen) atoms. The molecule has 0 radical (unpaired) electrons. The van der Waals surface area contributed by atoms with Crippen LogP contribution >= 0.6 is 23.2 Å². The Morgan fingerprint density at radius 1 is 1.22 bits per heavy atom. The summed E-state index contributed by atoms with van der Waals surface area (Å²) in [5.41, 5.74) is 0.0905. The molecule has 0 fully saturated rings. The maximum atomic E-state index is 12.0. The first kappa shape index (κ1) is 14.8. The second-order valence-corrected chi connectivity index (χ2v) is 4.94. The van der Waals surface area contributed by atoms with Gasteiger partial charge in [-0.2, -0.15) is 0 Å². The average Bonchev–Trinajstić information content (AvgIpc) is 2.24. The van der Waals surface area contributed by atoms with Crippen LogP contribution < -0.4 is 5.32 Å². The number of carbonyl (C=O) groups is 2. The van der Waals surface area contributed by atoms with Crippen molar-refractivity contribution in [3.8, 4) is 0 Å². The number of hydrogen-bond donors (Lipinski definition) is 2. The molecular formula is C12H13Cl2NO3. The lowest BCUT2D eigenvalue weighted by Gasteiger charge is -2.18. The van der Waals surface area contributed by atoms with E-state index in [4.69, 9.17) is 28.3 Å². The zero-order chi connectivity index (χ0) is 13.9. The van der Waals surface area contributed by atoms with Crippen LogP contribution in [0.2, 0.25) is 10.0 Å². The van der Waals surface area contributed by atoms with Gasteiger partial charge in [-0.05, 0) is 18.1 Å². The fourth-order valence-electron chi connectivity index (χ4n) is 1.44. The van der Waals surface area contributed by atoms with Crippen molar-refractivity contribution < 1.29 is 14.7 Å². The lowest BCUT2D eigenvalue weighted by molar-refractivity contribution is -0.140. The van der Waals surface area contributed by atoms with Crippen molar-refractivity contribution in [2.24, 2.45) is 5.92 Å². The summed E-state index contributed by atoms with van der Waals surface area (Å²) in [7, 11) is 0. The third kappa shape index (κ3) is 3.37. The van der Waals surface area contributed by atoms with Crippen LogP contribution in [0.5, 0.6) is 0 Å². The second-order valence-electron chi connectivity index (χ2n) is 4.13. The van der Waals surface area contributed by atoms with Gasteiger partial charge in [0.05, 0.1) is 15.6 Å². The van der Waals surface area contributed by atoms with Gasteiger partial charge < -0.3 is 10.4 Å². The summed E-state index contributed by atoms with van der Waals surface area (Å²) in [5, 5.41) is 11.8. The first-order valence-electron chi connectivity index (χ1n) is 5.32. The van der Waals surface area contributed by atoms with Crippen molar-refractivity contribution in [3.63, 3.8) is 0 Å². The average molecular weight is 290 g/mol. The van der Waals surface area contributed by atoms with E-state index in [1.54, 1.807) is 19.9 Å². The zero-order valence-electron chi connectivity index (χ0n) is 9.91. The third-order valence-corrected chi connectivity index (χ3v) is 3.04. The summed E-state index contributed by atoms with van der Waals surface area (Å²) in [4.78, 5) is 23.0. The SMILES string of the molecule is CC(C)[C@@H](NC(=O)c1c(Cl)cccc1Cl)C(=O)O. The molecule has 0 unspecified atom stereocenters. The van der Waals surface area contributed by atoms with Crippen LogP contribution in [-0.4, -0.2) is 23.0 Å². The Morgan fingerprint density at radius 2 is 1.72 bits per heavy atom. The first-order chi connectivity index (χ1) is 8.34. The number of carboxylic acids is 1. The summed E-state index contributed by atoms with van der Waals surface area (Å²) >= 11 is 11.7. The lowest BCUT2D eigenvalue weighted by Crippen LogP contribution is -2.44. The van der Waals surface area contributed by atoms with Gasteiger partial charge in [-0.1, -0.05) is 43.1 Å². The number of benzene rings is 1. The molecular weight excluding hydrogens is 277 g/mol. The molecule has 1 atom stereocenters. The van der Waals surface area contributed by atoms with Crippen molar-refractivity contribution in [1.82, 2.24) is 5.32 Å². The van der Waals surface area contributed by atoms with Gasteiger partial charge in [0.15, 0.2) is 0 Å². The van der Waals surface area contributed by atoms with Crippen molar-refractivity contribution >= 4 is 35.1 Å². The number of carbonyl (C=O) groups excluding carboxylic acids is 1. The number of carboxylic acid groups (broad SMARTS) is 1. The van der Waals surface area contributed by atoms with E-state index in [2.05, 4.69) is 5.32 Å². The van der Waals surface area contributed by atoms with Gasteiger partial charge in [-0.25, -0.2) is 4.79 Å². The van der Waals surface area contributed by atoms with Crippen LogP contribution in [0, 0.1) is 5.92 Å². The predicted molar refractivity (Wildman–Crippen MR) is 70.2 cm³/mol. The molecule has 6 heteroatoms. The molecule has 0 aromatic heterocycles. The second kappa shape index (κ2) is 6.07. The molecule has 0 saturated heterocycles. The first-order valence-corrected chi connectivity index (χ1v) is 6.08. The summed E-state index contributed by atoms with van der Waals surface area (Å²) in [6, 6.07) is 3.67. The van der Waals surface area contributed by atoms with Crippen LogP contribution in [0.1, 0.15) is 24.2 Å². The van der Waals surface area contributed by atoms with Gasteiger partial charge >= 0.3 is 5.97 Å². The molecule has 0 aliphatic carbocycles. The van der Waals surface area contributed by atoms with Crippen LogP contribution in [0.3, 0.4) is 0 Å². The minimum absolute atomic E-state index is 0.0905.